The standard InChI is InChI=1S/C15H25NO/c1-5-16(11-12(2)3)13(4)15(17)14-9-7-6-8-10-14/h6-10,12-13,15,17H,5,11H2,1-4H3. The molecule has 2 atom stereocenters. The van der Waals surface area contributed by atoms with Crippen LogP contribution in [-0.4, -0.2) is 29.1 Å². The van der Waals surface area contributed by atoms with Crippen LogP contribution >= 0.6 is 0 Å². The molecule has 0 fully saturated rings. The molecular weight excluding hydrogens is 210 g/mol. The molecule has 96 valence electrons. The van der Waals surface area contributed by atoms with Crippen LogP contribution in [0.15, 0.2) is 30.3 Å². The van der Waals surface area contributed by atoms with Gasteiger partial charge in [-0.1, -0.05) is 51.1 Å². The summed E-state index contributed by atoms with van der Waals surface area (Å²) in [7, 11) is 0. The van der Waals surface area contributed by atoms with Crippen LogP contribution in [-0.2, 0) is 0 Å². The Bertz CT molecular complexity index is 310. The fourth-order valence-electron chi connectivity index (χ4n) is 2.18. The molecule has 0 saturated heterocycles. The average Bonchev–Trinajstić information content (AvgIpc) is 2.35. The zero-order chi connectivity index (χ0) is 12.8. The first kappa shape index (κ1) is 14.2. The normalized spacial score (nSPS) is 15.2. The lowest BCUT2D eigenvalue weighted by atomic mass is 10.0. The van der Waals surface area contributed by atoms with Gasteiger partial charge in [0.15, 0.2) is 0 Å². The molecule has 17 heavy (non-hydrogen) atoms. The van der Waals surface area contributed by atoms with Gasteiger partial charge in [0, 0.05) is 12.6 Å². The van der Waals surface area contributed by atoms with Gasteiger partial charge in [-0.3, -0.25) is 4.90 Å². The van der Waals surface area contributed by atoms with Crippen molar-refractivity contribution in [2.45, 2.75) is 39.8 Å². The van der Waals surface area contributed by atoms with Crippen molar-refractivity contribution < 1.29 is 5.11 Å². The fourth-order valence-corrected chi connectivity index (χ4v) is 2.18. The summed E-state index contributed by atoms with van der Waals surface area (Å²) in [6.45, 7) is 10.7. The molecule has 0 heterocycles. The molecule has 0 aliphatic rings. The highest BCUT2D eigenvalue weighted by atomic mass is 16.3. The van der Waals surface area contributed by atoms with Gasteiger partial charge in [0.1, 0.15) is 0 Å². The Labute approximate surface area is 105 Å². The largest absolute Gasteiger partial charge is 0.387 e. The van der Waals surface area contributed by atoms with Gasteiger partial charge < -0.3 is 5.11 Å². The first-order chi connectivity index (χ1) is 8.06. The summed E-state index contributed by atoms with van der Waals surface area (Å²) in [5.74, 6) is 0.625. The van der Waals surface area contributed by atoms with Gasteiger partial charge in [-0.25, -0.2) is 0 Å². The molecule has 1 aromatic rings. The highest BCUT2D eigenvalue weighted by molar-refractivity contribution is 5.18. The minimum absolute atomic E-state index is 0.157. The zero-order valence-corrected chi connectivity index (χ0v) is 11.4. The highest BCUT2D eigenvalue weighted by Crippen LogP contribution is 2.21. The van der Waals surface area contributed by atoms with Crippen molar-refractivity contribution in [2.24, 2.45) is 5.92 Å². The Kier molecular flexibility index (Phi) is 5.66. The summed E-state index contributed by atoms with van der Waals surface area (Å²) in [6.07, 6.45) is -0.408. The molecular formula is C15H25NO. The van der Waals surface area contributed by atoms with E-state index in [1.807, 2.05) is 30.3 Å². The van der Waals surface area contributed by atoms with E-state index < -0.39 is 6.10 Å². The second kappa shape index (κ2) is 6.77. The number of aliphatic hydroxyl groups is 1. The first-order valence-corrected chi connectivity index (χ1v) is 6.53. The van der Waals surface area contributed by atoms with Crippen LogP contribution in [0.3, 0.4) is 0 Å². The number of likely N-dealkylation sites (N-methyl/N-ethyl adjacent to an activating group) is 1. The summed E-state index contributed by atoms with van der Waals surface area (Å²) < 4.78 is 0. The van der Waals surface area contributed by atoms with Crippen molar-refractivity contribution in [1.82, 2.24) is 4.90 Å². The average molecular weight is 235 g/mol. The molecule has 0 spiro atoms. The maximum Gasteiger partial charge on any atom is 0.0942 e. The summed E-state index contributed by atoms with van der Waals surface area (Å²) in [5, 5.41) is 10.4. The summed E-state index contributed by atoms with van der Waals surface area (Å²) in [4.78, 5) is 2.34. The van der Waals surface area contributed by atoms with Crippen LogP contribution in [0.4, 0.5) is 0 Å². The van der Waals surface area contributed by atoms with Crippen LogP contribution in [0.25, 0.3) is 0 Å². The second-order valence-corrected chi connectivity index (χ2v) is 5.08. The molecule has 2 unspecified atom stereocenters. The van der Waals surface area contributed by atoms with Crippen molar-refractivity contribution in [1.29, 1.82) is 0 Å². The number of hydrogen-bond acceptors (Lipinski definition) is 2. The monoisotopic (exact) mass is 235 g/mol. The van der Waals surface area contributed by atoms with Gasteiger partial charge in [0.05, 0.1) is 6.10 Å². The van der Waals surface area contributed by atoms with Crippen LogP contribution in [0.5, 0.6) is 0 Å². The maximum absolute atomic E-state index is 10.4. The van der Waals surface area contributed by atoms with E-state index in [9.17, 15) is 5.11 Å². The van der Waals surface area contributed by atoms with Crippen LogP contribution in [0.1, 0.15) is 39.4 Å². The van der Waals surface area contributed by atoms with Crippen LogP contribution in [0, 0.1) is 5.92 Å². The minimum Gasteiger partial charge on any atom is -0.387 e. The van der Waals surface area contributed by atoms with Crippen molar-refractivity contribution in [3.05, 3.63) is 35.9 Å². The van der Waals surface area contributed by atoms with Crippen LogP contribution in [0.2, 0.25) is 0 Å². The SMILES string of the molecule is CCN(CC(C)C)C(C)C(O)c1ccccc1. The third-order valence-electron chi connectivity index (χ3n) is 3.18. The van der Waals surface area contributed by atoms with Gasteiger partial charge >= 0.3 is 0 Å². The molecule has 0 bridgehead atoms. The number of hydrogen-bond donors (Lipinski definition) is 1. The fraction of sp³-hybridized carbons (Fsp3) is 0.600. The Morgan fingerprint density at radius 3 is 2.18 bits per heavy atom. The Morgan fingerprint density at radius 1 is 1.12 bits per heavy atom. The van der Waals surface area contributed by atoms with Gasteiger partial charge in [0.25, 0.3) is 0 Å². The van der Waals surface area contributed by atoms with Crippen molar-refractivity contribution in [3.63, 3.8) is 0 Å². The molecule has 0 amide bonds. The molecule has 1 N–H and O–H groups in total. The van der Waals surface area contributed by atoms with E-state index >= 15 is 0 Å². The summed E-state index contributed by atoms with van der Waals surface area (Å²) in [5.41, 5.74) is 1.00. The molecule has 0 aromatic heterocycles. The third kappa shape index (κ3) is 4.14. The maximum atomic E-state index is 10.4. The Morgan fingerprint density at radius 2 is 1.71 bits per heavy atom. The lowest BCUT2D eigenvalue weighted by molar-refractivity contribution is 0.0544. The van der Waals surface area contributed by atoms with E-state index in [1.54, 1.807) is 0 Å². The van der Waals surface area contributed by atoms with E-state index in [2.05, 4.69) is 32.6 Å². The van der Waals surface area contributed by atoms with Gasteiger partial charge in [-0.15, -0.1) is 0 Å². The van der Waals surface area contributed by atoms with Crippen molar-refractivity contribution >= 4 is 0 Å². The number of benzene rings is 1. The second-order valence-electron chi connectivity index (χ2n) is 5.08. The molecule has 0 aliphatic carbocycles. The zero-order valence-electron chi connectivity index (χ0n) is 11.4. The molecule has 0 saturated carbocycles. The summed E-state index contributed by atoms with van der Waals surface area (Å²) in [6, 6.07) is 10.1. The first-order valence-electron chi connectivity index (χ1n) is 6.53. The lowest BCUT2D eigenvalue weighted by Gasteiger charge is -2.32. The van der Waals surface area contributed by atoms with E-state index in [-0.39, 0.29) is 6.04 Å². The molecule has 2 nitrogen and oxygen atoms in total. The lowest BCUT2D eigenvalue weighted by Crippen LogP contribution is -2.39. The van der Waals surface area contributed by atoms with Crippen molar-refractivity contribution in [3.8, 4) is 0 Å². The molecule has 1 rings (SSSR count). The van der Waals surface area contributed by atoms with Crippen LogP contribution < -0.4 is 0 Å². The predicted octanol–water partition coefficient (Wildman–Crippen LogP) is 3.09. The number of rotatable bonds is 6. The van der Waals surface area contributed by atoms with E-state index in [1.165, 1.54) is 0 Å². The smallest absolute Gasteiger partial charge is 0.0942 e. The molecule has 2 heteroatoms. The molecule has 1 aromatic carbocycles. The van der Waals surface area contributed by atoms with Gasteiger partial charge in [-0.05, 0) is 24.9 Å². The molecule has 0 aliphatic heterocycles. The van der Waals surface area contributed by atoms with E-state index in [4.69, 9.17) is 0 Å². The molecule has 0 radical (unpaired) electrons. The quantitative estimate of drug-likeness (QED) is 0.819. The van der Waals surface area contributed by atoms with Gasteiger partial charge in [-0.2, -0.15) is 0 Å². The van der Waals surface area contributed by atoms with Gasteiger partial charge in [0.2, 0.25) is 0 Å². The highest BCUT2D eigenvalue weighted by Gasteiger charge is 2.22. The minimum atomic E-state index is -0.408. The third-order valence-corrected chi connectivity index (χ3v) is 3.18. The number of nitrogens with zero attached hydrogens (tertiary/aromatic N) is 1. The van der Waals surface area contributed by atoms with E-state index in [0.29, 0.717) is 5.92 Å². The van der Waals surface area contributed by atoms with Crippen molar-refractivity contribution in [2.75, 3.05) is 13.1 Å². The Hall–Kier alpha value is -0.860. The predicted molar refractivity (Wildman–Crippen MR) is 72.9 cm³/mol. The number of aliphatic hydroxyl groups excluding tert-OH is 1. The topological polar surface area (TPSA) is 23.5 Å². The van der Waals surface area contributed by atoms with E-state index in [0.717, 1.165) is 18.7 Å². The Balaban J connectivity index is 2.70. The summed E-state index contributed by atoms with van der Waals surface area (Å²) >= 11 is 0.